The highest BCUT2D eigenvalue weighted by Gasteiger charge is 2.31. The van der Waals surface area contributed by atoms with Crippen LogP contribution in [0.1, 0.15) is 0 Å². The van der Waals surface area contributed by atoms with Crippen molar-refractivity contribution in [3.8, 4) is 0 Å². The summed E-state index contributed by atoms with van der Waals surface area (Å²) in [6.07, 6.45) is 1.43. The molecule has 0 aromatic carbocycles. The van der Waals surface area contributed by atoms with Gasteiger partial charge in [-0.25, -0.2) is 9.97 Å². The molecule has 1 saturated heterocycles. The largest absolute Gasteiger partial charge is 0.394 e. The SMILES string of the molecule is Nc1cncnc1N1CC(O)C(O)C1. The molecular weight excluding hydrogens is 184 g/mol. The van der Waals surface area contributed by atoms with E-state index in [0.29, 0.717) is 24.6 Å². The quantitative estimate of drug-likeness (QED) is 0.511. The first-order valence-corrected chi connectivity index (χ1v) is 4.35. The van der Waals surface area contributed by atoms with Crippen LogP contribution in [0.25, 0.3) is 0 Å². The Bertz CT molecular complexity index is 323. The predicted octanol–water partition coefficient (Wildman–Crippen LogP) is -1.40. The summed E-state index contributed by atoms with van der Waals surface area (Å²) in [5, 5.41) is 18.7. The molecule has 0 aliphatic carbocycles. The molecule has 4 N–H and O–H groups in total. The second-order valence-corrected chi connectivity index (χ2v) is 3.34. The molecule has 0 amide bonds. The van der Waals surface area contributed by atoms with E-state index in [4.69, 9.17) is 5.73 Å². The molecule has 0 spiro atoms. The van der Waals surface area contributed by atoms with Crippen LogP contribution in [0.15, 0.2) is 12.5 Å². The van der Waals surface area contributed by atoms with E-state index in [0.717, 1.165) is 0 Å². The van der Waals surface area contributed by atoms with Crippen molar-refractivity contribution in [2.75, 3.05) is 23.7 Å². The van der Waals surface area contributed by atoms with E-state index in [1.165, 1.54) is 12.5 Å². The molecule has 1 aliphatic rings. The van der Waals surface area contributed by atoms with Crippen LogP contribution in [-0.4, -0.2) is 45.5 Å². The number of nitrogens with zero attached hydrogens (tertiary/aromatic N) is 3. The first kappa shape index (κ1) is 9.17. The number of aliphatic hydroxyl groups excluding tert-OH is 2. The normalized spacial score (nSPS) is 26.9. The number of hydrogen-bond acceptors (Lipinski definition) is 6. The van der Waals surface area contributed by atoms with Crippen molar-refractivity contribution in [2.45, 2.75) is 12.2 Å². The Hall–Kier alpha value is -1.40. The molecule has 2 heterocycles. The zero-order valence-electron chi connectivity index (χ0n) is 7.54. The van der Waals surface area contributed by atoms with Crippen LogP contribution in [-0.2, 0) is 0 Å². The molecule has 0 saturated carbocycles. The summed E-state index contributed by atoms with van der Waals surface area (Å²) < 4.78 is 0. The fourth-order valence-corrected chi connectivity index (χ4v) is 1.54. The zero-order chi connectivity index (χ0) is 10.1. The van der Waals surface area contributed by atoms with Crippen molar-refractivity contribution in [3.63, 3.8) is 0 Å². The van der Waals surface area contributed by atoms with Crippen LogP contribution in [0.3, 0.4) is 0 Å². The molecule has 1 fully saturated rings. The molecule has 2 atom stereocenters. The number of β-amino-alcohol motifs (C(OH)–C–C–N with tert-alkyl or cyclic N) is 2. The summed E-state index contributed by atoms with van der Waals surface area (Å²) >= 11 is 0. The standard InChI is InChI=1S/C8H12N4O2/c9-5-1-10-4-11-8(5)12-2-6(13)7(14)3-12/h1,4,6-7,13-14H,2-3,9H2. The monoisotopic (exact) mass is 196 g/mol. The summed E-state index contributed by atoms with van der Waals surface area (Å²) in [5.41, 5.74) is 6.11. The molecule has 2 unspecified atom stereocenters. The van der Waals surface area contributed by atoms with Gasteiger partial charge in [0.15, 0.2) is 5.82 Å². The summed E-state index contributed by atoms with van der Waals surface area (Å²) in [6, 6.07) is 0. The van der Waals surface area contributed by atoms with E-state index in [1.54, 1.807) is 4.90 Å². The molecule has 76 valence electrons. The minimum absolute atomic E-state index is 0.350. The van der Waals surface area contributed by atoms with Crippen molar-refractivity contribution in [1.29, 1.82) is 0 Å². The predicted molar refractivity (Wildman–Crippen MR) is 50.7 cm³/mol. The van der Waals surface area contributed by atoms with Gasteiger partial charge in [0.05, 0.1) is 24.1 Å². The van der Waals surface area contributed by atoms with Crippen molar-refractivity contribution in [1.82, 2.24) is 9.97 Å². The number of nitrogens with two attached hydrogens (primary N) is 1. The average molecular weight is 196 g/mol. The first-order chi connectivity index (χ1) is 6.68. The van der Waals surface area contributed by atoms with Gasteiger partial charge >= 0.3 is 0 Å². The Balaban J connectivity index is 2.21. The van der Waals surface area contributed by atoms with Crippen LogP contribution >= 0.6 is 0 Å². The third-order valence-electron chi connectivity index (χ3n) is 2.28. The lowest BCUT2D eigenvalue weighted by atomic mass is 10.3. The molecule has 2 rings (SSSR count). The van der Waals surface area contributed by atoms with Crippen molar-refractivity contribution >= 4 is 11.5 Å². The third kappa shape index (κ3) is 1.49. The highest BCUT2D eigenvalue weighted by atomic mass is 16.3. The first-order valence-electron chi connectivity index (χ1n) is 4.35. The zero-order valence-corrected chi connectivity index (χ0v) is 7.54. The Morgan fingerprint density at radius 3 is 2.57 bits per heavy atom. The van der Waals surface area contributed by atoms with E-state index in [9.17, 15) is 10.2 Å². The lowest BCUT2D eigenvalue weighted by molar-refractivity contribution is 0.0572. The molecule has 14 heavy (non-hydrogen) atoms. The summed E-state index contributed by atoms with van der Waals surface area (Å²) in [5.74, 6) is 0.565. The Labute approximate surface area is 81.0 Å². The van der Waals surface area contributed by atoms with Gasteiger partial charge in [-0.1, -0.05) is 0 Å². The Morgan fingerprint density at radius 1 is 1.36 bits per heavy atom. The Morgan fingerprint density at radius 2 is 2.00 bits per heavy atom. The maximum absolute atomic E-state index is 9.34. The topological polar surface area (TPSA) is 95.5 Å². The smallest absolute Gasteiger partial charge is 0.155 e. The summed E-state index contributed by atoms with van der Waals surface area (Å²) in [6.45, 7) is 0.699. The van der Waals surface area contributed by atoms with Gasteiger partial charge in [0.2, 0.25) is 0 Å². The molecule has 1 aliphatic heterocycles. The van der Waals surface area contributed by atoms with Gasteiger partial charge in [0.25, 0.3) is 0 Å². The second-order valence-electron chi connectivity index (χ2n) is 3.34. The fraction of sp³-hybridized carbons (Fsp3) is 0.500. The molecule has 1 aromatic heterocycles. The van der Waals surface area contributed by atoms with E-state index < -0.39 is 12.2 Å². The van der Waals surface area contributed by atoms with E-state index >= 15 is 0 Å². The third-order valence-corrected chi connectivity index (χ3v) is 2.28. The molecular formula is C8H12N4O2. The molecule has 6 heteroatoms. The van der Waals surface area contributed by atoms with E-state index in [1.807, 2.05) is 0 Å². The van der Waals surface area contributed by atoms with Gasteiger partial charge in [0, 0.05) is 13.1 Å². The lowest BCUT2D eigenvalue weighted by Gasteiger charge is -2.17. The number of rotatable bonds is 1. The van der Waals surface area contributed by atoms with Crippen LogP contribution < -0.4 is 10.6 Å². The molecule has 1 aromatic rings. The van der Waals surface area contributed by atoms with Gasteiger partial charge < -0.3 is 20.8 Å². The lowest BCUT2D eigenvalue weighted by Crippen LogP contribution is -2.23. The number of nitrogen functional groups attached to an aromatic ring is 1. The van der Waals surface area contributed by atoms with Crippen LogP contribution in [0.4, 0.5) is 11.5 Å². The number of aromatic nitrogens is 2. The fourth-order valence-electron chi connectivity index (χ4n) is 1.54. The molecule has 0 radical (unpaired) electrons. The van der Waals surface area contributed by atoms with E-state index in [-0.39, 0.29) is 0 Å². The highest BCUT2D eigenvalue weighted by molar-refractivity contribution is 5.61. The number of aliphatic hydroxyl groups is 2. The van der Waals surface area contributed by atoms with Crippen molar-refractivity contribution in [3.05, 3.63) is 12.5 Å². The van der Waals surface area contributed by atoms with Crippen LogP contribution in [0, 0.1) is 0 Å². The number of anilines is 2. The summed E-state index contributed by atoms with van der Waals surface area (Å²) in [4.78, 5) is 9.51. The number of hydrogen-bond donors (Lipinski definition) is 3. The van der Waals surface area contributed by atoms with Gasteiger partial charge in [0.1, 0.15) is 6.33 Å². The van der Waals surface area contributed by atoms with Gasteiger partial charge in [-0.15, -0.1) is 0 Å². The highest BCUT2D eigenvalue weighted by Crippen LogP contribution is 2.22. The van der Waals surface area contributed by atoms with E-state index in [2.05, 4.69) is 9.97 Å². The van der Waals surface area contributed by atoms with Gasteiger partial charge in [-0.2, -0.15) is 0 Å². The maximum atomic E-state index is 9.34. The van der Waals surface area contributed by atoms with Crippen molar-refractivity contribution < 1.29 is 10.2 Å². The minimum Gasteiger partial charge on any atom is -0.394 e. The maximum Gasteiger partial charge on any atom is 0.155 e. The molecule has 0 bridgehead atoms. The van der Waals surface area contributed by atoms with Gasteiger partial charge in [-0.3, -0.25) is 0 Å². The Kier molecular flexibility index (Phi) is 2.22. The van der Waals surface area contributed by atoms with Crippen LogP contribution in [0.5, 0.6) is 0 Å². The van der Waals surface area contributed by atoms with Crippen LogP contribution in [0.2, 0.25) is 0 Å². The summed E-state index contributed by atoms with van der Waals surface area (Å²) in [7, 11) is 0. The van der Waals surface area contributed by atoms with Crippen molar-refractivity contribution in [2.24, 2.45) is 0 Å². The van der Waals surface area contributed by atoms with Gasteiger partial charge in [-0.05, 0) is 0 Å². The second kappa shape index (κ2) is 3.39. The minimum atomic E-state index is -0.732. The average Bonchev–Trinajstić information content (AvgIpc) is 2.48. The molecule has 6 nitrogen and oxygen atoms in total.